The van der Waals surface area contributed by atoms with Gasteiger partial charge in [0.05, 0.1) is 23.4 Å². The summed E-state index contributed by atoms with van der Waals surface area (Å²) in [5, 5.41) is 17.2. The standard InChI is InChI=1S/C14H13N3O3/c1-9(8-10-4-3-7-20-10)17-12-6-2-5-11(14(18)19)13(12)15-16-17/h2-7,9H,8H2,1H3,(H,18,19). The van der Waals surface area contributed by atoms with E-state index in [-0.39, 0.29) is 11.6 Å². The van der Waals surface area contributed by atoms with E-state index in [0.29, 0.717) is 17.5 Å². The van der Waals surface area contributed by atoms with Crippen LogP contribution < -0.4 is 0 Å². The highest BCUT2D eigenvalue weighted by Crippen LogP contribution is 2.21. The second kappa shape index (κ2) is 4.80. The predicted octanol–water partition coefficient (Wildman–Crippen LogP) is 2.53. The van der Waals surface area contributed by atoms with Gasteiger partial charge in [-0.25, -0.2) is 9.48 Å². The fourth-order valence-electron chi connectivity index (χ4n) is 2.27. The van der Waals surface area contributed by atoms with Crippen LogP contribution in [0.25, 0.3) is 11.0 Å². The van der Waals surface area contributed by atoms with Crippen molar-refractivity contribution >= 4 is 17.0 Å². The van der Waals surface area contributed by atoms with Crippen LogP contribution in [0.4, 0.5) is 0 Å². The summed E-state index contributed by atoms with van der Waals surface area (Å²) in [6.45, 7) is 1.99. The zero-order valence-corrected chi connectivity index (χ0v) is 10.9. The molecule has 3 aromatic rings. The van der Waals surface area contributed by atoms with Crippen LogP contribution in [0.1, 0.15) is 29.1 Å². The molecule has 20 heavy (non-hydrogen) atoms. The Hall–Kier alpha value is -2.63. The van der Waals surface area contributed by atoms with Crippen LogP contribution in [0.3, 0.4) is 0 Å². The SMILES string of the molecule is CC(Cc1ccco1)n1nnc2c(C(=O)O)cccc21. The van der Waals surface area contributed by atoms with Gasteiger partial charge in [0, 0.05) is 6.42 Å². The van der Waals surface area contributed by atoms with E-state index in [1.165, 1.54) is 6.07 Å². The molecule has 1 atom stereocenters. The minimum atomic E-state index is -0.999. The predicted molar refractivity (Wildman–Crippen MR) is 71.6 cm³/mol. The number of fused-ring (bicyclic) bond motifs is 1. The summed E-state index contributed by atoms with van der Waals surface area (Å²) >= 11 is 0. The maximum Gasteiger partial charge on any atom is 0.338 e. The smallest absolute Gasteiger partial charge is 0.338 e. The van der Waals surface area contributed by atoms with Gasteiger partial charge in [0.2, 0.25) is 0 Å². The van der Waals surface area contributed by atoms with Gasteiger partial charge in [0.1, 0.15) is 11.3 Å². The normalized spacial score (nSPS) is 12.7. The van der Waals surface area contributed by atoms with E-state index in [1.54, 1.807) is 17.0 Å². The third-order valence-corrected chi connectivity index (χ3v) is 3.23. The first-order valence-electron chi connectivity index (χ1n) is 6.26. The van der Waals surface area contributed by atoms with E-state index < -0.39 is 5.97 Å². The summed E-state index contributed by atoms with van der Waals surface area (Å²) < 4.78 is 7.05. The van der Waals surface area contributed by atoms with E-state index in [9.17, 15) is 4.79 Å². The van der Waals surface area contributed by atoms with Crippen molar-refractivity contribution in [3.8, 4) is 0 Å². The van der Waals surface area contributed by atoms with Crippen LogP contribution in [0.5, 0.6) is 0 Å². The lowest BCUT2D eigenvalue weighted by Gasteiger charge is -2.10. The van der Waals surface area contributed by atoms with Crippen molar-refractivity contribution in [3.63, 3.8) is 0 Å². The van der Waals surface area contributed by atoms with Gasteiger partial charge in [-0.3, -0.25) is 0 Å². The molecule has 2 aromatic heterocycles. The van der Waals surface area contributed by atoms with Crippen molar-refractivity contribution in [1.29, 1.82) is 0 Å². The van der Waals surface area contributed by atoms with Crippen LogP contribution >= 0.6 is 0 Å². The van der Waals surface area contributed by atoms with Gasteiger partial charge in [-0.1, -0.05) is 11.3 Å². The van der Waals surface area contributed by atoms with Crippen molar-refractivity contribution in [1.82, 2.24) is 15.0 Å². The molecule has 0 radical (unpaired) electrons. The number of benzene rings is 1. The van der Waals surface area contributed by atoms with Gasteiger partial charge in [-0.15, -0.1) is 5.10 Å². The lowest BCUT2D eigenvalue weighted by atomic mass is 10.1. The highest BCUT2D eigenvalue weighted by Gasteiger charge is 2.17. The molecule has 0 aliphatic carbocycles. The number of carboxylic acid groups (broad SMARTS) is 1. The molecule has 0 saturated carbocycles. The quantitative estimate of drug-likeness (QED) is 0.788. The second-order valence-corrected chi connectivity index (χ2v) is 4.64. The molecule has 1 aromatic carbocycles. The maximum absolute atomic E-state index is 11.2. The number of hydrogen-bond acceptors (Lipinski definition) is 4. The van der Waals surface area contributed by atoms with Crippen molar-refractivity contribution in [2.75, 3.05) is 0 Å². The minimum Gasteiger partial charge on any atom is -0.478 e. The Bertz CT molecular complexity index is 746. The van der Waals surface area contributed by atoms with Crippen molar-refractivity contribution < 1.29 is 14.3 Å². The van der Waals surface area contributed by atoms with Crippen molar-refractivity contribution in [3.05, 3.63) is 47.9 Å². The molecule has 3 rings (SSSR count). The van der Waals surface area contributed by atoms with E-state index in [1.807, 2.05) is 25.1 Å². The molecule has 102 valence electrons. The van der Waals surface area contributed by atoms with Gasteiger partial charge < -0.3 is 9.52 Å². The Labute approximate surface area is 114 Å². The zero-order chi connectivity index (χ0) is 14.1. The number of aromatic nitrogens is 3. The molecule has 0 aliphatic rings. The van der Waals surface area contributed by atoms with Crippen LogP contribution in [-0.4, -0.2) is 26.1 Å². The molecule has 6 nitrogen and oxygen atoms in total. The molecule has 0 fully saturated rings. The largest absolute Gasteiger partial charge is 0.478 e. The number of furan rings is 1. The highest BCUT2D eigenvalue weighted by atomic mass is 16.4. The molecular formula is C14H13N3O3. The number of rotatable bonds is 4. The monoisotopic (exact) mass is 271 g/mol. The maximum atomic E-state index is 11.2. The van der Waals surface area contributed by atoms with E-state index in [2.05, 4.69) is 10.3 Å². The minimum absolute atomic E-state index is 0.0233. The first-order valence-corrected chi connectivity index (χ1v) is 6.26. The summed E-state index contributed by atoms with van der Waals surface area (Å²) in [6, 6.07) is 8.81. The molecule has 1 N–H and O–H groups in total. The Morgan fingerprint density at radius 1 is 1.40 bits per heavy atom. The van der Waals surface area contributed by atoms with E-state index >= 15 is 0 Å². The average molecular weight is 271 g/mol. The fraction of sp³-hybridized carbons (Fsp3) is 0.214. The molecule has 0 spiro atoms. The first kappa shape index (κ1) is 12.4. The van der Waals surface area contributed by atoms with Gasteiger partial charge in [-0.2, -0.15) is 0 Å². The van der Waals surface area contributed by atoms with Gasteiger partial charge in [0.15, 0.2) is 0 Å². The Kier molecular flexibility index (Phi) is 2.98. The Morgan fingerprint density at radius 2 is 2.25 bits per heavy atom. The zero-order valence-electron chi connectivity index (χ0n) is 10.9. The van der Waals surface area contributed by atoms with Crippen molar-refractivity contribution in [2.24, 2.45) is 0 Å². The van der Waals surface area contributed by atoms with Gasteiger partial charge in [-0.05, 0) is 31.2 Å². The summed E-state index contributed by atoms with van der Waals surface area (Å²) in [4.78, 5) is 11.2. The van der Waals surface area contributed by atoms with Crippen LogP contribution in [0.2, 0.25) is 0 Å². The van der Waals surface area contributed by atoms with Gasteiger partial charge in [0.25, 0.3) is 0 Å². The second-order valence-electron chi connectivity index (χ2n) is 4.64. The lowest BCUT2D eigenvalue weighted by Crippen LogP contribution is -2.09. The van der Waals surface area contributed by atoms with Crippen LogP contribution in [0, 0.1) is 0 Å². The molecule has 1 unspecified atom stereocenters. The number of carboxylic acids is 1. The molecule has 0 amide bonds. The van der Waals surface area contributed by atoms with E-state index in [4.69, 9.17) is 9.52 Å². The summed E-state index contributed by atoms with van der Waals surface area (Å²) in [5.41, 5.74) is 1.29. The number of nitrogens with zero attached hydrogens (tertiary/aromatic N) is 3. The Morgan fingerprint density at radius 3 is 2.95 bits per heavy atom. The lowest BCUT2D eigenvalue weighted by molar-refractivity contribution is 0.0699. The Balaban J connectivity index is 2.00. The third kappa shape index (κ3) is 2.05. The topological polar surface area (TPSA) is 81.2 Å². The number of hydrogen-bond donors (Lipinski definition) is 1. The molecular weight excluding hydrogens is 258 g/mol. The molecule has 0 saturated heterocycles. The van der Waals surface area contributed by atoms with Gasteiger partial charge >= 0.3 is 5.97 Å². The molecule has 0 aliphatic heterocycles. The number of carbonyl (C=O) groups is 1. The summed E-state index contributed by atoms with van der Waals surface area (Å²) in [5.74, 6) is -0.142. The summed E-state index contributed by atoms with van der Waals surface area (Å²) in [7, 11) is 0. The average Bonchev–Trinajstić information content (AvgIpc) is 3.06. The third-order valence-electron chi connectivity index (χ3n) is 3.23. The first-order chi connectivity index (χ1) is 9.66. The van der Waals surface area contributed by atoms with Crippen LogP contribution in [-0.2, 0) is 6.42 Å². The molecule has 0 bridgehead atoms. The molecule has 6 heteroatoms. The number of aromatic carboxylic acids is 1. The molecule has 2 heterocycles. The van der Waals surface area contributed by atoms with E-state index in [0.717, 1.165) is 5.76 Å². The van der Waals surface area contributed by atoms with Crippen LogP contribution in [0.15, 0.2) is 41.0 Å². The van der Waals surface area contributed by atoms with Crippen molar-refractivity contribution in [2.45, 2.75) is 19.4 Å². The fourth-order valence-corrected chi connectivity index (χ4v) is 2.27. The highest BCUT2D eigenvalue weighted by molar-refractivity contribution is 6.00. The summed E-state index contributed by atoms with van der Waals surface area (Å²) in [6.07, 6.45) is 2.30.